The van der Waals surface area contributed by atoms with E-state index in [1.54, 1.807) is 17.2 Å². The van der Waals surface area contributed by atoms with Gasteiger partial charge in [-0.25, -0.2) is 9.97 Å². The zero-order valence-corrected chi connectivity index (χ0v) is 14.5. The molecule has 1 aromatic carbocycles. The van der Waals surface area contributed by atoms with E-state index in [0.717, 1.165) is 6.07 Å². The van der Waals surface area contributed by atoms with Crippen molar-refractivity contribution in [2.75, 3.05) is 11.2 Å². The first-order valence-corrected chi connectivity index (χ1v) is 8.44. The minimum Gasteiger partial charge on any atom is -0.404 e. The monoisotopic (exact) mass is 368 g/mol. The van der Waals surface area contributed by atoms with Crippen LogP contribution in [0.5, 0.6) is 5.75 Å². The number of rotatable bonds is 5. The van der Waals surface area contributed by atoms with Gasteiger partial charge in [0.15, 0.2) is 10.9 Å². The third-order valence-electron chi connectivity index (χ3n) is 3.14. The summed E-state index contributed by atoms with van der Waals surface area (Å²) in [5, 5.41) is 9.46. The molecule has 132 valence electrons. The molecule has 2 rings (SSSR count). The van der Waals surface area contributed by atoms with Gasteiger partial charge in [-0.2, -0.15) is 5.26 Å². The van der Waals surface area contributed by atoms with Crippen molar-refractivity contribution >= 4 is 23.3 Å². The van der Waals surface area contributed by atoms with Gasteiger partial charge in [-0.05, 0) is 38.3 Å². The summed E-state index contributed by atoms with van der Waals surface area (Å²) in [5.74, 6) is -0.0179. The maximum absolute atomic E-state index is 12.8. The third kappa shape index (κ3) is 4.76. The molecule has 0 aliphatic carbocycles. The predicted octanol–water partition coefficient (Wildman–Crippen LogP) is 4.52. The second-order valence-electron chi connectivity index (χ2n) is 5.21. The van der Waals surface area contributed by atoms with E-state index in [0.29, 0.717) is 11.0 Å². The van der Waals surface area contributed by atoms with E-state index in [9.17, 15) is 13.2 Å². The highest BCUT2D eigenvalue weighted by Crippen LogP contribution is 2.38. The van der Waals surface area contributed by atoms with Crippen molar-refractivity contribution in [1.29, 1.82) is 5.26 Å². The number of anilines is 2. The van der Waals surface area contributed by atoms with Crippen molar-refractivity contribution in [2.45, 2.75) is 31.4 Å². The van der Waals surface area contributed by atoms with Crippen LogP contribution in [0.3, 0.4) is 0 Å². The number of nitriles is 1. The summed E-state index contributed by atoms with van der Waals surface area (Å²) in [7, 11) is 0. The maximum atomic E-state index is 12.8. The number of benzene rings is 1. The van der Waals surface area contributed by atoms with Crippen molar-refractivity contribution in [3.05, 3.63) is 36.0 Å². The standard InChI is InChI=1S/C16H15F3N4OS/c1-10(2)23(14-6-7-21-15(22-14)25-3)12-5-4-11(9-20)8-13(12)24-16(17,18)19/h4-8,10H,1-3H3. The van der Waals surface area contributed by atoms with E-state index in [4.69, 9.17) is 5.26 Å². The number of alkyl halides is 3. The molecule has 0 spiro atoms. The van der Waals surface area contributed by atoms with Crippen LogP contribution in [0.4, 0.5) is 24.7 Å². The molecule has 5 nitrogen and oxygen atoms in total. The summed E-state index contributed by atoms with van der Waals surface area (Å²) < 4.78 is 42.5. The van der Waals surface area contributed by atoms with Gasteiger partial charge in [0.1, 0.15) is 5.82 Å². The summed E-state index contributed by atoms with van der Waals surface area (Å²) in [5.41, 5.74) is 0.233. The van der Waals surface area contributed by atoms with Crippen molar-refractivity contribution in [2.24, 2.45) is 0 Å². The Morgan fingerprint density at radius 1 is 1.28 bits per heavy atom. The van der Waals surface area contributed by atoms with Crippen molar-refractivity contribution in [3.63, 3.8) is 0 Å². The first-order chi connectivity index (χ1) is 11.7. The van der Waals surface area contributed by atoms with E-state index in [2.05, 4.69) is 14.7 Å². The van der Waals surface area contributed by atoms with E-state index in [1.165, 1.54) is 30.1 Å². The first-order valence-electron chi connectivity index (χ1n) is 7.21. The lowest BCUT2D eigenvalue weighted by Gasteiger charge is -2.30. The van der Waals surface area contributed by atoms with Gasteiger partial charge >= 0.3 is 6.36 Å². The van der Waals surface area contributed by atoms with Gasteiger partial charge < -0.3 is 9.64 Å². The number of aromatic nitrogens is 2. The highest BCUT2D eigenvalue weighted by molar-refractivity contribution is 7.98. The molecule has 0 fully saturated rings. The Morgan fingerprint density at radius 3 is 2.56 bits per heavy atom. The molecule has 0 aliphatic heterocycles. The SMILES string of the molecule is CSc1nccc(N(c2ccc(C#N)cc2OC(F)(F)F)C(C)C)n1. The Kier molecular flexibility index (Phi) is 5.74. The summed E-state index contributed by atoms with van der Waals surface area (Å²) in [6, 6.07) is 7.12. The van der Waals surface area contributed by atoms with Crippen LogP contribution in [-0.2, 0) is 0 Å². The van der Waals surface area contributed by atoms with Gasteiger partial charge in [-0.3, -0.25) is 0 Å². The van der Waals surface area contributed by atoms with Gasteiger partial charge in [0.25, 0.3) is 0 Å². The second kappa shape index (κ2) is 7.61. The lowest BCUT2D eigenvalue weighted by atomic mass is 10.1. The molecule has 0 N–H and O–H groups in total. The molecule has 0 atom stereocenters. The van der Waals surface area contributed by atoms with Crippen molar-refractivity contribution in [3.8, 4) is 11.8 Å². The summed E-state index contributed by atoms with van der Waals surface area (Å²) in [6.45, 7) is 3.63. The molecule has 0 aliphatic rings. The van der Waals surface area contributed by atoms with Crippen LogP contribution in [0.25, 0.3) is 0 Å². The van der Waals surface area contributed by atoms with Crippen LogP contribution in [0, 0.1) is 11.3 Å². The number of thioether (sulfide) groups is 1. The molecule has 9 heteroatoms. The fourth-order valence-corrected chi connectivity index (χ4v) is 2.57. The molecule has 0 saturated heterocycles. The first kappa shape index (κ1) is 18.9. The van der Waals surface area contributed by atoms with Gasteiger partial charge in [0, 0.05) is 18.3 Å². The van der Waals surface area contributed by atoms with E-state index in [-0.39, 0.29) is 17.3 Å². The maximum Gasteiger partial charge on any atom is 0.573 e. The molecule has 0 amide bonds. The van der Waals surface area contributed by atoms with E-state index < -0.39 is 12.1 Å². The molecule has 1 aromatic heterocycles. The largest absolute Gasteiger partial charge is 0.573 e. The number of hydrogen-bond donors (Lipinski definition) is 0. The molecule has 0 radical (unpaired) electrons. The lowest BCUT2D eigenvalue weighted by Crippen LogP contribution is -2.28. The quantitative estimate of drug-likeness (QED) is 0.571. The average molecular weight is 368 g/mol. The fourth-order valence-electron chi connectivity index (χ4n) is 2.22. The molecule has 2 aromatic rings. The van der Waals surface area contributed by atoms with Crippen LogP contribution in [0.1, 0.15) is 19.4 Å². The normalized spacial score (nSPS) is 11.3. The predicted molar refractivity (Wildman–Crippen MR) is 88.9 cm³/mol. The third-order valence-corrected chi connectivity index (χ3v) is 3.70. The Morgan fingerprint density at radius 2 is 2.00 bits per heavy atom. The Bertz CT molecular complexity index is 790. The lowest BCUT2D eigenvalue weighted by molar-refractivity contribution is -0.274. The Balaban J connectivity index is 2.59. The molecule has 0 unspecified atom stereocenters. The molecular weight excluding hydrogens is 353 g/mol. The number of ether oxygens (including phenoxy) is 1. The number of halogens is 3. The smallest absolute Gasteiger partial charge is 0.404 e. The van der Waals surface area contributed by atoms with E-state index >= 15 is 0 Å². The minimum atomic E-state index is -4.87. The van der Waals surface area contributed by atoms with Gasteiger partial charge in [0.2, 0.25) is 0 Å². The number of nitrogens with zero attached hydrogens (tertiary/aromatic N) is 4. The van der Waals surface area contributed by atoms with Gasteiger partial charge in [0.05, 0.1) is 17.3 Å². The second-order valence-corrected chi connectivity index (χ2v) is 5.98. The molecule has 0 bridgehead atoms. The molecule has 25 heavy (non-hydrogen) atoms. The Labute approximate surface area is 147 Å². The average Bonchev–Trinajstić information content (AvgIpc) is 2.55. The zero-order valence-electron chi connectivity index (χ0n) is 13.7. The molecular formula is C16H15F3N4OS. The van der Waals surface area contributed by atoms with Crippen LogP contribution in [0.2, 0.25) is 0 Å². The summed E-state index contributed by atoms with van der Waals surface area (Å²) in [4.78, 5) is 10.0. The van der Waals surface area contributed by atoms with Crippen LogP contribution in [-0.4, -0.2) is 28.6 Å². The van der Waals surface area contributed by atoms with Crippen LogP contribution >= 0.6 is 11.8 Å². The van der Waals surface area contributed by atoms with Crippen molar-refractivity contribution in [1.82, 2.24) is 9.97 Å². The molecule has 1 heterocycles. The summed E-state index contributed by atoms with van der Waals surface area (Å²) >= 11 is 1.32. The van der Waals surface area contributed by atoms with Crippen LogP contribution < -0.4 is 9.64 Å². The molecule has 0 saturated carbocycles. The highest BCUT2D eigenvalue weighted by Gasteiger charge is 2.33. The van der Waals surface area contributed by atoms with Crippen molar-refractivity contribution < 1.29 is 17.9 Å². The zero-order chi connectivity index (χ0) is 18.6. The van der Waals surface area contributed by atoms with Gasteiger partial charge in [-0.1, -0.05) is 11.8 Å². The van der Waals surface area contributed by atoms with Crippen LogP contribution in [0.15, 0.2) is 35.6 Å². The van der Waals surface area contributed by atoms with E-state index in [1.807, 2.05) is 19.9 Å². The topological polar surface area (TPSA) is 62.0 Å². The fraction of sp³-hybridized carbons (Fsp3) is 0.312. The minimum absolute atomic E-state index is 0.0687. The highest BCUT2D eigenvalue weighted by atomic mass is 32.2. The summed E-state index contributed by atoms with van der Waals surface area (Å²) in [6.07, 6.45) is -1.53. The Hall–Kier alpha value is -2.47. The van der Waals surface area contributed by atoms with Gasteiger partial charge in [-0.15, -0.1) is 13.2 Å². The number of hydrogen-bond acceptors (Lipinski definition) is 6.